The molecule has 0 heterocycles. The fourth-order valence-corrected chi connectivity index (χ4v) is 2.75. The van der Waals surface area contributed by atoms with Gasteiger partial charge in [-0.1, -0.05) is 18.2 Å². The molecule has 0 spiro atoms. The van der Waals surface area contributed by atoms with Crippen LogP contribution in [0.3, 0.4) is 0 Å². The van der Waals surface area contributed by atoms with Crippen LogP contribution >= 0.6 is 0 Å². The second kappa shape index (κ2) is 8.45. The molecule has 1 atom stereocenters. The maximum absolute atomic E-state index is 11.4. The van der Waals surface area contributed by atoms with Gasteiger partial charge in [-0.3, -0.25) is 0 Å². The predicted molar refractivity (Wildman–Crippen MR) is 106 cm³/mol. The van der Waals surface area contributed by atoms with E-state index < -0.39 is 6.09 Å². The van der Waals surface area contributed by atoms with Crippen molar-refractivity contribution in [2.75, 3.05) is 13.7 Å². The molecule has 3 aromatic carbocycles. The van der Waals surface area contributed by atoms with E-state index in [0.29, 0.717) is 6.61 Å². The van der Waals surface area contributed by atoms with Crippen LogP contribution in [0, 0.1) is 0 Å². The molecule has 0 aliphatic rings. The first-order valence-corrected chi connectivity index (χ1v) is 8.92. The monoisotopic (exact) mass is 365 g/mol. The number of alkyl carbamates (subject to hydrolysis) is 1. The van der Waals surface area contributed by atoms with Crippen LogP contribution in [0.1, 0.15) is 25.5 Å². The Kier molecular flexibility index (Phi) is 5.81. The molecule has 140 valence electrons. The van der Waals surface area contributed by atoms with E-state index in [9.17, 15) is 4.79 Å². The number of nitrogens with one attached hydrogen (secondary N) is 1. The van der Waals surface area contributed by atoms with Crippen LogP contribution in [0.15, 0.2) is 60.7 Å². The molecule has 0 aromatic heterocycles. The lowest BCUT2D eigenvalue weighted by Crippen LogP contribution is -2.20. The molecule has 1 unspecified atom stereocenters. The van der Waals surface area contributed by atoms with Gasteiger partial charge in [0.05, 0.1) is 6.61 Å². The number of benzene rings is 3. The second-order valence-electron chi connectivity index (χ2n) is 6.07. The van der Waals surface area contributed by atoms with Gasteiger partial charge in [-0.2, -0.15) is 0 Å². The molecular weight excluding hydrogens is 342 g/mol. The van der Waals surface area contributed by atoms with Gasteiger partial charge in [-0.05, 0) is 72.6 Å². The molecule has 3 aromatic rings. The van der Waals surface area contributed by atoms with Gasteiger partial charge in [-0.25, -0.2) is 4.79 Å². The van der Waals surface area contributed by atoms with Crippen molar-refractivity contribution in [2.24, 2.45) is 0 Å². The van der Waals surface area contributed by atoms with Gasteiger partial charge in [-0.15, -0.1) is 0 Å². The molecule has 3 rings (SSSR count). The van der Waals surface area contributed by atoms with Crippen molar-refractivity contribution in [3.63, 3.8) is 0 Å². The topological polar surface area (TPSA) is 56.8 Å². The minimum absolute atomic E-state index is 0.325. The molecule has 5 heteroatoms. The van der Waals surface area contributed by atoms with E-state index >= 15 is 0 Å². The number of rotatable bonds is 6. The Hall–Kier alpha value is -3.21. The molecule has 27 heavy (non-hydrogen) atoms. The highest BCUT2D eigenvalue weighted by molar-refractivity contribution is 5.84. The average molecular weight is 365 g/mol. The van der Waals surface area contributed by atoms with Gasteiger partial charge in [0.15, 0.2) is 0 Å². The third-order valence-electron chi connectivity index (χ3n) is 4.16. The van der Waals surface area contributed by atoms with Gasteiger partial charge in [0, 0.05) is 7.05 Å². The Morgan fingerprint density at radius 3 is 2.26 bits per heavy atom. The van der Waals surface area contributed by atoms with E-state index in [0.717, 1.165) is 33.6 Å². The fraction of sp³-hybridized carbons (Fsp3) is 0.227. The van der Waals surface area contributed by atoms with Crippen molar-refractivity contribution < 1.29 is 19.0 Å². The number of carbonyl (C=O) groups is 1. The first-order valence-electron chi connectivity index (χ1n) is 8.92. The lowest BCUT2D eigenvalue weighted by Gasteiger charge is -2.14. The summed E-state index contributed by atoms with van der Waals surface area (Å²) in [6, 6.07) is 19.4. The SMILES string of the molecule is CCOc1ccc(Oc2ccc3cc(C(C)OC(=O)NC)ccc3c2)cc1. The Bertz CT molecular complexity index is 921. The molecule has 0 fully saturated rings. The Balaban J connectivity index is 1.75. The highest BCUT2D eigenvalue weighted by Crippen LogP contribution is 2.29. The van der Waals surface area contributed by atoms with Crippen LogP contribution in [-0.2, 0) is 4.74 Å². The van der Waals surface area contributed by atoms with Crippen molar-refractivity contribution in [1.82, 2.24) is 5.32 Å². The highest BCUT2D eigenvalue weighted by atomic mass is 16.6. The average Bonchev–Trinajstić information content (AvgIpc) is 2.69. The molecule has 0 radical (unpaired) electrons. The molecule has 0 saturated carbocycles. The fourth-order valence-electron chi connectivity index (χ4n) is 2.75. The van der Waals surface area contributed by atoms with Crippen molar-refractivity contribution in [3.05, 3.63) is 66.2 Å². The molecule has 0 aliphatic heterocycles. The summed E-state index contributed by atoms with van der Waals surface area (Å²) in [7, 11) is 1.54. The van der Waals surface area contributed by atoms with Gasteiger partial charge in [0.2, 0.25) is 0 Å². The molecule has 0 saturated heterocycles. The predicted octanol–water partition coefficient (Wildman–Crippen LogP) is 5.45. The molecular formula is C22H23NO4. The Labute approximate surface area is 158 Å². The van der Waals surface area contributed by atoms with E-state index in [-0.39, 0.29) is 6.10 Å². The summed E-state index contributed by atoms with van der Waals surface area (Å²) in [6.07, 6.45) is -0.768. The summed E-state index contributed by atoms with van der Waals surface area (Å²) < 4.78 is 16.7. The summed E-state index contributed by atoms with van der Waals surface area (Å²) in [5.74, 6) is 2.33. The number of amides is 1. The number of hydrogen-bond donors (Lipinski definition) is 1. The van der Waals surface area contributed by atoms with Gasteiger partial charge >= 0.3 is 6.09 Å². The van der Waals surface area contributed by atoms with Gasteiger partial charge < -0.3 is 19.5 Å². The maximum atomic E-state index is 11.4. The number of carbonyl (C=O) groups excluding carboxylic acids is 1. The van der Waals surface area contributed by atoms with Crippen molar-refractivity contribution in [1.29, 1.82) is 0 Å². The zero-order valence-electron chi connectivity index (χ0n) is 15.7. The molecule has 5 nitrogen and oxygen atoms in total. The van der Waals surface area contributed by atoms with Crippen LogP contribution < -0.4 is 14.8 Å². The summed E-state index contributed by atoms with van der Waals surface area (Å²) in [6.45, 7) is 4.44. The van der Waals surface area contributed by atoms with Crippen LogP contribution in [0.25, 0.3) is 10.8 Å². The minimum atomic E-state index is -0.443. The third kappa shape index (κ3) is 4.70. The minimum Gasteiger partial charge on any atom is -0.494 e. The van der Waals surface area contributed by atoms with Crippen LogP contribution in [0.2, 0.25) is 0 Å². The summed E-state index contributed by atoms with van der Waals surface area (Å²) in [5, 5.41) is 4.56. The lowest BCUT2D eigenvalue weighted by molar-refractivity contribution is 0.109. The van der Waals surface area contributed by atoms with E-state index in [4.69, 9.17) is 14.2 Å². The Morgan fingerprint density at radius 1 is 0.926 bits per heavy atom. The van der Waals surface area contributed by atoms with Crippen LogP contribution in [0.5, 0.6) is 17.2 Å². The quantitative estimate of drug-likeness (QED) is 0.631. The Morgan fingerprint density at radius 2 is 1.56 bits per heavy atom. The van der Waals surface area contributed by atoms with Crippen molar-refractivity contribution in [2.45, 2.75) is 20.0 Å². The van der Waals surface area contributed by atoms with Crippen molar-refractivity contribution in [3.8, 4) is 17.2 Å². The van der Waals surface area contributed by atoms with E-state index in [1.165, 1.54) is 0 Å². The smallest absolute Gasteiger partial charge is 0.407 e. The first kappa shape index (κ1) is 18.6. The van der Waals surface area contributed by atoms with E-state index in [1.54, 1.807) is 7.05 Å². The van der Waals surface area contributed by atoms with Crippen LogP contribution in [-0.4, -0.2) is 19.7 Å². The zero-order chi connectivity index (χ0) is 19.2. The highest BCUT2D eigenvalue weighted by Gasteiger charge is 2.11. The van der Waals surface area contributed by atoms with E-state index in [1.807, 2.05) is 74.5 Å². The standard InChI is InChI=1S/C22H23NO4/c1-4-25-19-9-11-20(12-10-19)27-21-8-7-17-13-16(5-6-18(17)14-21)15(2)26-22(24)23-3/h5-15H,4H2,1-3H3,(H,23,24). The first-order chi connectivity index (χ1) is 13.1. The summed E-state index contributed by atoms with van der Waals surface area (Å²) >= 11 is 0. The third-order valence-corrected chi connectivity index (χ3v) is 4.16. The van der Waals surface area contributed by atoms with Crippen LogP contribution in [0.4, 0.5) is 4.79 Å². The lowest BCUT2D eigenvalue weighted by atomic mass is 10.0. The molecule has 0 aliphatic carbocycles. The molecule has 0 bridgehead atoms. The molecule has 1 N–H and O–H groups in total. The normalized spacial score (nSPS) is 11.7. The van der Waals surface area contributed by atoms with Crippen molar-refractivity contribution >= 4 is 16.9 Å². The van der Waals surface area contributed by atoms with Gasteiger partial charge in [0.1, 0.15) is 23.4 Å². The number of fused-ring (bicyclic) bond motifs is 1. The largest absolute Gasteiger partial charge is 0.494 e. The number of ether oxygens (including phenoxy) is 3. The number of hydrogen-bond acceptors (Lipinski definition) is 4. The van der Waals surface area contributed by atoms with E-state index in [2.05, 4.69) is 5.32 Å². The zero-order valence-corrected chi connectivity index (χ0v) is 15.7. The molecule has 1 amide bonds. The second-order valence-corrected chi connectivity index (χ2v) is 6.07. The summed E-state index contributed by atoms with van der Waals surface area (Å²) in [5.41, 5.74) is 0.936. The van der Waals surface area contributed by atoms with Gasteiger partial charge in [0.25, 0.3) is 0 Å². The maximum Gasteiger partial charge on any atom is 0.407 e. The summed E-state index contributed by atoms with van der Waals surface area (Å²) in [4.78, 5) is 11.4.